The van der Waals surface area contributed by atoms with Gasteiger partial charge in [-0.3, -0.25) is 4.98 Å². The van der Waals surface area contributed by atoms with Gasteiger partial charge in [-0.25, -0.2) is 9.97 Å². The Hall–Kier alpha value is -4.41. The van der Waals surface area contributed by atoms with Gasteiger partial charge in [0.25, 0.3) is 0 Å². The minimum atomic E-state index is 0. The molecule has 0 N–H and O–H groups in total. The molecule has 0 atom stereocenters. The quantitative estimate of drug-likeness (QED) is 0.151. The fourth-order valence-electron chi connectivity index (χ4n) is 4.28. The number of hydrogen-bond acceptors (Lipinski definition) is 9. The van der Waals surface area contributed by atoms with Crippen LogP contribution in [0.1, 0.15) is 146 Å². The highest BCUT2D eigenvalue weighted by molar-refractivity contribution is 7.12. The van der Waals surface area contributed by atoms with Crippen LogP contribution in [0.2, 0.25) is 0 Å². The van der Waals surface area contributed by atoms with Crippen LogP contribution in [0.15, 0.2) is 117 Å². The van der Waals surface area contributed by atoms with Gasteiger partial charge in [-0.05, 0) is 168 Å². The third-order valence-corrected chi connectivity index (χ3v) is 10.6. The fraction of sp³-hybridized carbons (Fsp3) is 0.421. The smallest absolute Gasteiger partial charge is 0.101 e. The van der Waals surface area contributed by atoms with Crippen LogP contribution in [-0.2, 0) is 0 Å². The lowest BCUT2D eigenvalue weighted by molar-refractivity contribution is 0.504. The Morgan fingerprint density at radius 2 is 0.939 bits per heavy atom. The van der Waals surface area contributed by atoms with Crippen LogP contribution >= 0.6 is 45.3 Å². The lowest BCUT2D eigenvalue weighted by atomic mass is 10.2. The van der Waals surface area contributed by atoms with Crippen molar-refractivity contribution in [3.8, 4) is 0 Å². The predicted molar refractivity (Wildman–Crippen MR) is 310 cm³/mol. The SMILES string of the molecule is C.C.C.C.C.C.C.CC.Cc1ccc(C)nc1.Cc1ccc(C)o1.Cc1ccc(C)s1.Cc1ccccc1.Cc1cnc(C)s1.Cc1coc(C)c1.Cc1csc(C)c1.Cc1csc(C)n1. The molecule has 376 valence electrons. The number of thiazole rings is 2. The first kappa shape index (κ1) is 78.7. The maximum absolute atomic E-state index is 5.08. The van der Waals surface area contributed by atoms with Crippen molar-refractivity contribution in [1.29, 1.82) is 0 Å². The molecule has 1 aromatic carbocycles. The highest BCUT2D eigenvalue weighted by Crippen LogP contribution is 2.12. The predicted octanol–water partition coefficient (Wildman–Crippen LogP) is 21.2. The lowest BCUT2D eigenvalue weighted by Gasteiger charge is -1.89. The molecular weight excluding hydrogens is 887 g/mol. The maximum atomic E-state index is 5.08. The van der Waals surface area contributed by atoms with Crippen molar-refractivity contribution in [3.63, 3.8) is 0 Å². The highest BCUT2D eigenvalue weighted by Gasteiger charge is 1.89. The summed E-state index contributed by atoms with van der Waals surface area (Å²) in [6.07, 6.45) is 5.50. The number of furan rings is 2. The molecular formula is C57H97N3O2S4. The first-order valence-electron chi connectivity index (χ1n) is 19.7. The second-order valence-corrected chi connectivity index (χ2v) is 18.5. The summed E-state index contributed by atoms with van der Waals surface area (Å²) in [5.74, 6) is 2.95. The molecule has 0 spiro atoms. The third kappa shape index (κ3) is 44.8. The molecule has 8 aromatic rings. The minimum Gasteiger partial charge on any atom is -0.469 e. The summed E-state index contributed by atoms with van der Waals surface area (Å²) in [6.45, 7) is 34.5. The average molecular weight is 985 g/mol. The standard InChI is InChI=1S/C7H9N.C7H8.2C6H8O.2C6H8S.2C5H7NS.C2H6.7CH4/c1-6-3-4-7(2)8-5-6;1-7-5-3-2-4-6-7;1-5-3-6(2)7-4-5;1-5-3-4-6(2)7-5;1-5-3-6(2)7-4-5;1-5-3-4-6(2)7-5;1-4-3-7-5(2)6-4;1-4-3-6-5(2)7-4;1-2;;;;;;;/h3-5H,1-2H3;2-6H,1H3;4*3-4H,1-2H3;2*3H,1-2H3;1-2H3;7*1H4. The maximum Gasteiger partial charge on any atom is 0.101 e. The van der Waals surface area contributed by atoms with Gasteiger partial charge < -0.3 is 8.83 Å². The van der Waals surface area contributed by atoms with Crippen molar-refractivity contribution in [1.82, 2.24) is 15.0 Å². The fourth-order valence-corrected chi connectivity index (χ4v) is 7.02. The van der Waals surface area contributed by atoms with E-state index in [1.807, 2.05) is 142 Å². The van der Waals surface area contributed by atoms with E-state index in [9.17, 15) is 0 Å². The molecule has 7 heterocycles. The summed E-state index contributed by atoms with van der Waals surface area (Å²) in [4.78, 5) is 17.7. The molecule has 0 bridgehead atoms. The Labute approximate surface area is 424 Å². The number of hydrogen-bond donors (Lipinski definition) is 0. The van der Waals surface area contributed by atoms with E-state index in [1.165, 1.54) is 41.8 Å². The van der Waals surface area contributed by atoms with Gasteiger partial charge >= 0.3 is 0 Å². The Kier molecular flexibility index (Phi) is 56.2. The molecule has 0 amide bonds. The van der Waals surface area contributed by atoms with Crippen molar-refractivity contribution in [2.45, 2.75) is 170 Å². The Bertz CT molecular complexity index is 1750. The monoisotopic (exact) mass is 984 g/mol. The molecule has 7 aromatic heterocycles. The molecule has 5 nitrogen and oxygen atoms in total. The second-order valence-electron chi connectivity index (χ2n) is 13.4. The van der Waals surface area contributed by atoms with Gasteiger partial charge in [-0.15, -0.1) is 45.3 Å². The summed E-state index contributed by atoms with van der Waals surface area (Å²) in [7, 11) is 0. The van der Waals surface area contributed by atoms with E-state index in [1.54, 1.807) is 40.3 Å². The third-order valence-electron chi connectivity index (χ3n) is 6.94. The van der Waals surface area contributed by atoms with Gasteiger partial charge in [0, 0.05) is 48.7 Å². The summed E-state index contributed by atoms with van der Waals surface area (Å²) in [5.41, 5.74) is 7.32. The van der Waals surface area contributed by atoms with Crippen molar-refractivity contribution >= 4 is 45.3 Å². The van der Waals surface area contributed by atoms with E-state index in [0.29, 0.717) is 0 Å². The number of thiophene rings is 2. The van der Waals surface area contributed by atoms with E-state index >= 15 is 0 Å². The average Bonchev–Trinajstić information content (AvgIpc) is 4.08. The summed E-state index contributed by atoms with van der Waals surface area (Å²) >= 11 is 7.07. The van der Waals surface area contributed by atoms with E-state index < -0.39 is 0 Å². The van der Waals surface area contributed by atoms with Crippen LogP contribution < -0.4 is 0 Å². The van der Waals surface area contributed by atoms with Crippen LogP contribution in [-0.4, -0.2) is 15.0 Å². The van der Waals surface area contributed by atoms with Crippen LogP contribution in [0.4, 0.5) is 0 Å². The van der Waals surface area contributed by atoms with Crippen molar-refractivity contribution in [3.05, 3.63) is 189 Å². The molecule has 0 saturated heterocycles. The lowest BCUT2D eigenvalue weighted by Crippen LogP contribution is -1.78. The van der Waals surface area contributed by atoms with E-state index in [2.05, 4.69) is 104 Å². The largest absolute Gasteiger partial charge is 0.469 e. The Morgan fingerprint density at radius 1 is 0.394 bits per heavy atom. The summed E-state index contributed by atoms with van der Waals surface area (Å²) in [6, 6.07) is 26.7. The van der Waals surface area contributed by atoms with Crippen LogP contribution in [0.3, 0.4) is 0 Å². The van der Waals surface area contributed by atoms with E-state index in [0.717, 1.165) is 38.7 Å². The zero-order chi connectivity index (χ0) is 44.8. The molecule has 0 fully saturated rings. The first-order valence-corrected chi connectivity index (χ1v) is 23.1. The van der Waals surface area contributed by atoms with Crippen molar-refractivity contribution < 1.29 is 8.83 Å². The minimum absolute atomic E-state index is 0. The van der Waals surface area contributed by atoms with E-state index in [-0.39, 0.29) is 52.0 Å². The number of pyridine rings is 1. The van der Waals surface area contributed by atoms with Crippen LogP contribution in [0, 0.1) is 104 Å². The number of aryl methyl sites for hydroxylation is 15. The second kappa shape index (κ2) is 47.1. The van der Waals surface area contributed by atoms with Crippen molar-refractivity contribution in [2.24, 2.45) is 0 Å². The Morgan fingerprint density at radius 3 is 1.11 bits per heavy atom. The highest BCUT2D eigenvalue weighted by atomic mass is 32.1. The number of benzene rings is 1. The van der Waals surface area contributed by atoms with Crippen LogP contribution in [0.25, 0.3) is 0 Å². The topological polar surface area (TPSA) is 65.0 Å². The number of aromatic nitrogens is 3. The van der Waals surface area contributed by atoms with Crippen molar-refractivity contribution in [2.75, 3.05) is 0 Å². The molecule has 0 aliphatic rings. The molecule has 8 rings (SSSR count). The zero-order valence-electron chi connectivity index (χ0n) is 38.7. The van der Waals surface area contributed by atoms with Gasteiger partial charge in [0.2, 0.25) is 0 Å². The Balaban J connectivity index is -0.0000000951. The molecule has 0 saturated carbocycles. The molecule has 66 heavy (non-hydrogen) atoms. The molecule has 0 unspecified atom stereocenters. The molecule has 9 heteroatoms. The van der Waals surface area contributed by atoms with E-state index in [4.69, 9.17) is 8.83 Å². The van der Waals surface area contributed by atoms with Gasteiger partial charge in [-0.2, -0.15) is 0 Å². The molecule has 0 aliphatic carbocycles. The molecule has 0 radical (unpaired) electrons. The summed E-state index contributed by atoms with van der Waals surface area (Å²) < 4.78 is 10.0. The number of nitrogens with zero attached hydrogens (tertiary/aromatic N) is 3. The van der Waals surface area contributed by atoms with Gasteiger partial charge in [-0.1, -0.05) is 108 Å². The molecule has 0 aliphatic heterocycles. The number of rotatable bonds is 0. The first-order chi connectivity index (χ1) is 27.9. The summed E-state index contributed by atoms with van der Waals surface area (Å²) in [5, 5.41) is 6.51. The van der Waals surface area contributed by atoms with Gasteiger partial charge in [0.05, 0.1) is 16.3 Å². The van der Waals surface area contributed by atoms with Gasteiger partial charge in [0.1, 0.15) is 17.3 Å². The van der Waals surface area contributed by atoms with Crippen LogP contribution in [0.5, 0.6) is 0 Å². The normalized spacial score (nSPS) is 8.14. The zero-order valence-corrected chi connectivity index (χ0v) is 41.9. The van der Waals surface area contributed by atoms with Gasteiger partial charge in [0.15, 0.2) is 0 Å².